The van der Waals surface area contributed by atoms with Crippen LogP contribution in [0.25, 0.3) is 0 Å². The first-order valence-corrected chi connectivity index (χ1v) is 3.87. The van der Waals surface area contributed by atoms with Crippen LogP contribution in [0.1, 0.15) is 23.2 Å². The van der Waals surface area contributed by atoms with Crippen LogP contribution in [0, 0.1) is 24.2 Å². The van der Waals surface area contributed by atoms with E-state index in [4.69, 9.17) is 5.26 Å². The topological polar surface area (TPSA) is 36.7 Å². The molecule has 0 saturated carbocycles. The van der Waals surface area contributed by atoms with E-state index in [1.54, 1.807) is 6.07 Å². The van der Waals surface area contributed by atoms with Gasteiger partial charge in [-0.05, 0) is 18.6 Å². The van der Waals surface area contributed by atoms with Gasteiger partial charge in [0.25, 0.3) is 6.43 Å². The molecule has 0 radical (unpaired) electrons. The maximum atomic E-state index is 13.0. The summed E-state index contributed by atoms with van der Waals surface area (Å²) in [7, 11) is 0. The second kappa shape index (κ2) is 4.09. The van der Waals surface area contributed by atoms with Gasteiger partial charge in [-0.25, -0.2) is 13.8 Å². The molecule has 0 aliphatic heterocycles. The average Bonchev–Trinajstić information content (AvgIpc) is 2.01. The Kier molecular flexibility index (Phi) is 3.07. The zero-order chi connectivity index (χ0) is 10.7. The van der Waals surface area contributed by atoms with Crippen LogP contribution < -0.4 is 0 Å². The third-order valence-corrected chi connectivity index (χ3v) is 1.75. The van der Waals surface area contributed by atoms with Crippen molar-refractivity contribution in [3.05, 3.63) is 28.8 Å². The molecule has 0 unspecified atom stereocenters. The summed E-state index contributed by atoms with van der Waals surface area (Å²) in [6.07, 6.45) is -2.96. The molecule has 0 amide bonds. The van der Waals surface area contributed by atoms with Crippen LogP contribution in [0.4, 0.5) is 13.2 Å². The molecule has 0 spiro atoms. The van der Waals surface area contributed by atoms with Crippen molar-refractivity contribution >= 4 is 0 Å². The molecule has 0 aromatic carbocycles. The van der Waals surface area contributed by atoms with Gasteiger partial charge in [0.15, 0.2) is 0 Å². The lowest BCUT2D eigenvalue weighted by molar-refractivity contribution is 0.144. The number of aryl methyl sites for hydroxylation is 1. The van der Waals surface area contributed by atoms with Gasteiger partial charge in [0, 0.05) is 0 Å². The Bertz CT molecular complexity index is 359. The smallest absolute Gasteiger partial charge is 0.223 e. The lowest BCUT2D eigenvalue weighted by atomic mass is 10.1. The second-order valence-electron chi connectivity index (χ2n) is 2.77. The summed E-state index contributed by atoms with van der Waals surface area (Å²) in [6.45, 7) is 1.37. The van der Waals surface area contributed by atoms with Crippen molar-refractivity contribution in [2.24, 2.45) is 0 Å². The molecule has 1 aromatic heterocycles. The second-order valence-corrected chi connectivity index (χ2v) is 2.77. The highest BCUT2D eigenvalue weighted by atomic mass is 19.3. The molecule has 1 rings (SSSR count). The van der Waals surface area contributed by atoms with E-state index in [0.29, 0.717) is 0 Å². The van der Waals surface area contributed by atoms with Crippen molar-refractivity contribution in [2.45, 2.75) is 19.8 Å². The summed E-state index contributed by atoms with van der Waals surface area (Å²) in [5.74, 6) is -1.19. The third-order valence-electron chi connectivity index (χ3n) is 1.75. The Balaban J connectivity index is 3.19. The predicted octanol–water partition coefficient (Wildman–Crippen LogP) is 2.53. The Morgan fingerprint density at radius 1 is 1.57 bits per heavy atom. The molecule has 1 aromatic rings. The highest BCUT2D eigenvalue weighted by Crippen LogP contribution is 2.24. The van der Waals surface area contributed by atoms with E-state index in [-0.39, 0.29) is 17.7 Å². The number of aromatic nitrogens is 1. The molecule has 1 heterocycles. The van der Waals surface area contributed by atoms with Crippen molar-refractivity contribution in [1.29, 1.82) is 5.26 Å². The highest BCUT2D eigenvalue weighted by Gasteiger charge is 2.18. The first-order valence-electron chi connectivity index (χ1n) is 3.87. The minimum absolute atomic E-state index is 0.0821. The first kappa shape index (κ1) is 10.5. The molecule has 74 valence electrons. The molecule has 0 aliphatic rings. The molecule has 0 saturated heterocycles. The van der Waals surface area contributed by atoms with Gasteiger partial charge >= 0.3 is 0 Å². The summed E-state index contributed by atoms with van der Waals surface area (Å²) in [4.78, 5) is 3.28. The summed E-state index contributed by atoms with van der Waals surface area (Å²) >= 11 is 0. The lowest BCUT2D eigenvalue weighted by Crippen LogP contribution is -2.02. The van der Waals surface area contributed by atoms with Crippen LogP contribution in [0.5, 0.6) is 0 Å². The van der Waals surface area contributed by atoms with Crippen LogP contribution in [0.3, 0.4) is 0 Å². The van der Waals surface area contributed by atoms with Gasteiger partial charge in [0.05, 0.1) is 23.7 Å². The molecular weight excluding hydrogens is 193 g/mol. The van der Waals surface area contributed by atoms with Gasteiger partial charge < -0.3 is 0 Å². The van der Waals surface area contributed by atoms with Gasteiger partial charge in [-0.1, -0.05) is 0 Å². The maximum Gasteiger partial charge on any atom is 0.268 e. The zero-order valence-electron chi connectivity index (χ0n) is 7.39. The van der Waals surface area contributed by atoms with Gasteiger partial charge in [0.2, 0.25) is 5.95 Å². The highest BCUT2D eigenvalue weighted by molar-refractivity contribution is 5.28. The number of nitriles is 1. The standard InChI is InChI=1S/C9H7F3N2/c1-5-4-6(2-3-13)14-9(12)7(5)8(10)11/h4,8H,2H2,1H3. The third kappa shape index (κ3) is 2.02. The normalized spacial score (nSPS) is 10.3. The summed E-state index contributed by atoms with van der Waals surface area (Å²) in [5.41, 5.74) is -0.392. The molecule has 2 nitrogen and oxygen atoms in total. The van der Waals surface area contributed by atoms with Crippen LogP contribution in [0.15, 0.2) is 6.07 Å². The molecule has 0 atom stereocenters. The molecule has 0 N–H and O–H groups in total. The number of hydrogen-bond acceptors (Lipinski definition) is 2. The van der Waals surface area contributed by atoms with Gasteiger partial charge in [-0.3, -0.25) is 0 Å². The van der Waals surface area contributed by atoms with Crippen molar-refractivity contribution in [3.8, 4) is 6.07 Å². The Morgan fingerprint density at radius 2 is 2.21 bits per heavy atom. The van der Waals surface area contributed by atoms with Gasteiger partial charge in [-0.15, -0.1) is 0 Å². The van der Waals surface area contributed by atoms with E-state index in [2.05, 4.69) is 4.98 Å². The molecule has 5 heteroatoms. The number of halogens is 3. The number of rotatable bonds is 2. The minimum Gasteiger partial charge on any atom is -0.223 e. The van der Waals surface area contributed by atoms with Crippen molar-refractivity contribution < 1.29 is 13.2 Å². The number of alkyl halides is 2. The fraction of sp³-hybridized carbons (Fsp3) is 0.333. The summed E-state index contributed by atoms with van der Waals surface area (Å²) < 4.78 is 37.5. The minimum atomic E-state index is -2.88. The van der Waals surface area contributed by atoms with E-state index in [0.717, 1.165) is 0 Å². The van der Waals surface area contributed by atoms with Crippen LogP contribution in [-0.4, -0.2) is 4.98 Å². The fourth-order valence-electron chi connectivity index (χ4n) is 1.14. The SMILES string of the molecule is Cc1cc(CC#N)nc(F)c1C(F)F. The maximum absolute atomic E-state index is 13.0. The van der Waals surface area contributed by atoms with Crippen LogP contribution in [-0.2, 0) is 6.42 Å². The fourth-order valence-corrected chi connectivity index (χ4v) is 1.14. The molecule has 0 aliphatic carbocycles. The van der Waals surface area contributed by atoms with E-state index < -0.39 is 17.9 Å². The average molecular weight is 200 g/mol. The van der Waals surface area contributed by atoms with Crippen molar-refractivity contribution in [1.82, 2.24) is 4.98 Å². The number of pyridine rings is 1. The predicted molar refractivity (Wildman–Crippen MR) is 43.2 cm³/mol. The van der Waals surface area contributed by atoms with E-state index in [1.165, 1.54) is 13.0 Å². The van der Waals surface area contributed by atoms with Crippen molar-refractivity contribution in [2.75, 3.05) is 0 Å². The number of hydrogen-bond donors (Lipinski definition) is 0. The quantitative estimate of drug-likeness (QED) is 0.688. The van der Waals surface area contributed by atoms with E-state index in [9.17, 15) is 13.2 Å². The summed E-state index contributed by atoms with van der Waals surface area (Å²) in [6, 6.07) is 3.07. The monoisotopic (exact) mass is 200 g/mol. The Morgan fingerprint density at radius 3 is 2.64 bits per heavy atom. The van der Waals surface area contributed by atoms with Gasteiger partial charge in [-0.2, -0.15) is 9.65 Å². The number of nitrogens with zero attached hydrogens (tertiary/aromatic N) is 2. The van der Waals surface area contributed by atoms with Crippen LogP contribution in [0.2, 0.25) is 0 Å². The van der Waals surface area contributed by atoms with Crippen molar-refractivity contribution in [3.63, 3.8) is 0 Å². The lowest BCUT2D eigenvalue weighted by Gasteiger charge is -2.06. The Hall–Kier alpha value is -1.57. The molecular formula is C9H7F3N2. The molecule has 0 fully saturated rings. The molecule has 0 bridgehead atoms. The van der Waals surface area contributed by atoms with Crippen LogP contribution >= 0.6 is 0 Å². The molecule has 14 heavy (non-hydrogen) atoms. The largest absolute Gasteiger partial charge is 0.268 e. The van der Waals surface area contributed by atoms with E-state index in [1.807, 2.05) is 0 Å². The zero-order valence-corrected chi connectivity index (χ0v) is 7.39. The Labute approximate surface area is 79.0 Å². The van der Waals surface area contributed by atoms with E-state index >= 15 is 0 Å². The van der Waals surface area contributed by atoms with Gasteiger partial charge in [0.1, 0.15) is 0 Å². The summed E-state index contributed by atoms with van der Waals surface area (Å²) in [5, 5.41) is 8.32. The first-order chi connectivity index (χ1) is 6.56.